The van der Waals surface area contributed by atoms with Gasteiger partial charge in [0.05, 0.1) is 0 Å². The van der Waals surface area contributed by atoms with Crippen LogP contribution >= 0.6 is 0 Å². The lowest BCUT2D eigenvalue weighted by molar-refractivity contribution is 0.0371. The number of benzene rings is 1. The van der Waals surface area contributed by atoms with Crippen molar-refractivity contribution in [2.75, 3.05) is 13.1 Å². The molecule has 4 rings (SSSR count). The normalized spacial score (nSPS) is 19.5. The molecule has 0 spiro atoms. The summed E-state index contributed by atoms with van der Waals surface area (Å²) in [4.78, 5) is 29.3. The zero-order chi connectivity index (χ0) is 15.1. The summed E-state index contributed by atoms with van der Waals surface area (Å²) in [7, 11) is 0. The van der Waals surface area contributed by atoms with Crippen LogP contribution in [0, 0.1) is 11.8 Å². The maximum absolute atomic E-state index is 12.6. The predicted octanol–water partition coefficient (Wildman–Crippen LogP) is 2.79. The Labute approximate surface area is 129 Å². The molecule has 4 nitrogen and oxygen atoms in total. The molecule has 114 valence electrons. The van der Waals surface area contributed by atoms with Crippen molar-refractivity contribution in [1.82, 2.24) is 9.88 Å². The summed E-state index contributed by atoms with van der Waals surface area (Å²) >= 11 is 0. The van der Waals surface area contributed by atoms with Gasteiger partial charge < -0.3 is 9.88 Å². The smallest absolute Gasteiger partial charge is 0.261 e. The number of pyridine rings is 1. The second-order valence-corrected chi connectivity index (χ2v) is 6.61. The fourth-order valence-corrected chi connectivity index (χ4v) is 3.88. The van der Waals surface area contributed by atoms with Gasteiger partial charge in [0.15, 0.2) is 0 Å². The molecular weight excluding hydrogens is 276 g/mol. The number of hydrogen-bond donors (Lipinski definition) is 1. The van der Waals surface area contributed by atoms with Crippen LogP contribution in [0.4, 0.5) is 0 Å². The van der Waals surface area contributed by atoms with Crippen LogP contribution in [0.1, 0.15) is 36.0 Å². The van der Waals surface area contributed by atoms with Gasteiger partial charge in [-0.1, -0.05) is 43.9 Å². The Hall–Kier alpha value is -2.10. The van der Waals surface area contributed by atoms with Crippen LogP contribution in [0.3, 0.4) is 0 Å². The van der Waals surface area contributed by atoms with Crippen molar-refractivity contribution < 1.29 is 4.79 Å². The molecule has 1 saturated carbocycles. The van der Waals surface area contributed by atoms with Crippen LogP contribution in [0.5, 0.6) is 0 Å². The fraction of sp³-hybridized carbons (Fsp3) is 0.444. The second kappa shape index (κ2) is 5.27. The highest BCUT2D eigenvalue weighted by Gasteiger charge is 2.37. The summed E-state index contributed by atoms with van der Waals surface area (Å²) in [6.07, 6.45) is 5.28. The summed E-state index contributed by atoms with van der Waals surface area (Å²) in [5.41, 5.74) is 0.757. The third kappa shape index (κ3) is 2.23. The number of para-hydroxylation sites is 1. The van der Waals surface area contributed by atoms with E-state index in [1.165, 1.54) is 25.7 Å². The van der Waals surface area contributed by atoms with Gasteiger partial charge in [-0.05, 0) is 29.4 Å². The number of carbonyl (C=O) groups is 1. The molecule has 0 radical (unpaired) electrons. The number of hydrogen-bond acceptors (Lipinski definition) is 2. The quantitative estimate of drug-likeness (QED) is 0.926. The van der Waals surface area contributed by atoms with Gasteiger partial charge in [-0.15, -0.1) is 0 Å². The highest BCUT2D eigenvalue weighted by atomic mass is 16.2. The fourth-order valence-electron chi connectivity index (χ4n) is 3.88. The molecule has 1 amide bonds. The average Bonchev–Trinajstić information content (AvgIpc) is 2.98. The Morgan fingerprint density at radius 2 is 1.82 bits per heavy atom. The lowest BCUT2D eigenvalue weighted by atomic mass is 9.84. The summed E-state index contributed by atoms with van der Waals surface area (Å²) in [5, 5.41) is 0.901. The molecule has 1 N–H and O–H groups in total. The monoisotopic (exact) mass is 296 g/mol. The standard InChI is InChI=1S/C18H20N2O2/c21-17-15(9-13-7-3-4-8-16(13)19-17)18(22)20-10-14(11-20)12-5-1-2-6-12/h3-4,7-9,12,14H,1-2,5-6,10-11H2,(H,19,21). The number of carbonyl (C=O) groups excluding carboxylic acids is 1. The molecule has 0 bridgehead atoms. The SMILES string of the molecule is O=C(c1cc2ccccc2[nH]c1=O)N1CC(C2CCCC2)C1. The lowest BCUT2D eigenvalue weighted by Gasteiger charge is -2.42. The molecule has 2 aliphatic rings. The molecule has 4 heteroatoms. The lowest BCUT2D eigenvalue weighted by Crippen LogP contribution is -2.53. The number of fused-ring (bicyclic) bond motifs is 1. The molecule has 1 aliphatic carbocycles. The van der Waals surface area contributed by atoms with Gasteiger partial charge in [-0.25, -0.2) is 0 Å². The number of nitrogens with one attached hydrogen (secondary N) is 1. The highest BCUT2D eigenvalue weighted by molar-refractivity contribution is 5.97. The number of nitrogens with zero attached hydrogens (tertiary/aromatic N) is 1. The maximum Gasteiger partial charge on any atom is 0.261 e. The van der Waals surface area contributed by atoms with E-state index in [2.05, 4.69) is 4.98 Å². The van der Waals surface area contributed by atoms with Crippen molar-refractivity contribution in [3.8, 4) is 0 Å². The summed E-state index contributed by atoms with van der Waals surface area (Å²) in [6.45, 7) is 1.63. The first-order valence-corrected chi connectivity index (χ1v) is 8.14. The zero-order valence-corrected chi connectivity index (χ0v) is 12.5. The van der Waals surface area contributed by atoms with Gasteiger partial charge in [0.1, 0.15) is 5.56 Å². The first-order valence-electron chi connectivity index (χ1n) is 8.14. The molecule has 2 aromatic rings. The Balaban J connectivity index is 1.54. The largest absolute Gasteiger partial charge is 0.338 e. The number of amides is 1. The zero-order valence-electron chi connectivity index (χ0n) is 12.5. The topological polar surface area (TPSA) is 53.2 Å². The number of H-pyrrole nitrogens is 1. The van der Waals surface area contributed by atoms with Gasteiger partial charge >= 0.3 is 0 Å². The second-order valence-electron chi connectivity index (χ2n) is 6.61. The molecule has 2 heterocycles. The van der Waals surface area contributed by atoms with Crippen molar-refractivity contribution >= 4 is 16.8 Å². The molecule has 1 aromatic carbocycles. The molecule has 1 aromatic heterocycles. The molecule has 2 fully saturated rings. The number of aromatic amines is 1. The molecular formula is C18H20N2O2. The first kappa shape index (κ1) is 13.6. The predicted molar refractivity (Wildman–Crippen MR) is 85.9 cm³/mol. The Morgan fingerprint density at radius 1 is 1.09 bits per heavy atom. The van der Waals surface area contributed by atoms with Crippen LogP contribution in [-0.2, 0) is 0 Å². The van der Waals surface area contributed by atoms with Gasteiger partial charge in [0.2, 0.25) is 0 Å². The van der Waals surface area contributed by atoms with Crippen LogP contribution in [0.15, 0.2) is 35.1 Å². The third-order valence-corrected chi connectivity index (χ3v) is 5.25. The summed E-state index contributed by atoms with van der Waals surface area (Å²) in [6, 6.07) is 9.28. The minimum absolute atomic E-state index is 0.124. The van der Waals surface area contributed by atoms with E-state index >= 15 is 0 Å². The van der Waals surface area contributed by atoms with Gasteiger partial charge in [-0.2, -0.15) is 0 Å². The van der Waals surface area contributed by atoms with E-state index in [1.807, 2.05) is 29.2 Å². The van der Waals surface area contributed by atoms with Gasteiger partial charge in [0.25, 0.3) is 11.5 Å². The Bertz CT molecular complexity index is 768. The van der Waals surface area contributed by atoms with Crippen LogP contribution < -0.4 is 5.56 Å². The average molecular weight is 296 g/mol. The Morgan fingerprint density at radius 3 is 2.59 bits per heavy atom. The van der Waals surface area contributed by atoms with Gasteiger partial charge in [-0.3, -0.25) is 9.59 Å². The number of aromatic nitrogens is 1. The van der Waals surface area contributed by atoms with Crippen molar-refractivity contribution in [1.29, 1.82) is 0 Å². The highest BCUT2D eigenvalue weighted by Crippen LogP contribution is 2.36. The van der Waals surface area contributed by atoms with Crippen molar-refractivity contribution in [3.05, 3.63) is 46.2 Å². The van der Waals surface area contributed by atoms with E-state index in [1.54, 1.807) is 6.07 Å². The van der Waals surface area contributed by atoms with Crippen LogP contribution in [0.2, 0.25) is 0 Å². The van der Waals surface area contributed by atoms with E-state index in [9.17, 15) is 9.59 Å². The first-order chi connectivity index (χ1) is 10.7. The summed E-state index contributed by atoms with van der Waals surface area (Å²) in [5.74, 6) is 1.31. The van der Waals surface area contributed by atoms with Crippen molar-refractivity contribution in [2.24, 2.45) is 11.8 Å². The van der Waals surface area contributed by atoms with Crippen LogP contribution in [-0.4, -0.2) is 28.9 Å². The molecule has 1 saturated heterocycles. The maximum atomic E-state index is 12.6. The number of likely N-dealkylation sites (tertiary alicyclic amines) is 1. The number of rotatable bonds is 2. The van der Waals surface area contributed by atoms with Gasteiger partial charge in [0, 0.05) is 18.6 Å². The van der Waals surface area contributed by atoms with Crippen LogP contribution in [0.25, 0.3) is 10.9 Å². The van der Waals surface area contributed by atoms with E-state index in [0.717, 1.165) is 29.9 Å². The Kier molecular flexibility index (Phi) is 3.25. The van der Waals surface area contributed by atoms with E-state index in [-0.39, 0.29) is 17.0 Å². The molecule has 22 heavy (non-hydrogen) atoms. The van der Waals surface area contributed by atoms with Crippen molar-refractivity contribution in [3.63, 3.8) is 0 Å². The minimum atomic E-state index is -0.284. The summed E-state index contributed by atoms with van der Waals surface area (Å²) < 4.78 is 0. The molecule has 1 aliphatic heterocycles. The molecule has 0 atom stereocenters. The minimum Gasteiger partial charge on any atom is -0.338 e. The van der Waals surface area contributed by atoms with E-state index in [4.69, 9.17) is 0 Å². The van der Waals surface area contributed by atoms with E-state index in [0.29, 0.717) is 5.92 Å². The third-order valence-electron chi connectivity index (χ3n) is 5.25. The molecule has 0 unspecified atom stereocenters. The van der Waals surface area contributed by atoms with E-state index < -0.39 is 0 Å². The van der Waals surface area contributed by atoms with Crippen molar-refractivity contribution in [2.45, 2.75) is 25.7 Å².